The van der Waals surface area contributed by atoms with Crippen LogP contribution in [-0.2, 0) is 6.54 Å². The molecule has 0 aliphatic rings. The number of aliphatic hydroxyl groups is 1. The van der Waals surface area contributed by atoms with Crippen LogP contribution < -0.4 is 0 Å². The van der Waals surface area contributed by atoms with E-state index in [1.54, 1.807) is 0 Å². The molecule has 1 unspecified atom stereocenters. The molecule has 20 heavy (non-hydrogen) atoms. The highest BCUT2D eigenvalue weighted by Crippen LogP contribution is 2.17. The molecule has 1 atom stereocenters. The zero-order valence-corrected chi connectivity index (χ0v) is 12.1. The number of hydrogen-bond donors (Lipinski definition) is 1. The molecule has 0 aromatic heterocycles. The molecule has 0 saturated carbocycles. The van der Waals surface area contributed by atoms with E-state index in [4.69, 9.17) is 0 Å². The molecule has 1 N–H and O–H groups in total. The lowest BCUT2D eigenvalue weighted by atomic mass is 10.0. The Labute approximate surface area is 121 Å². The smallest absolute Gasteiger partial charge is 0.0558 e. The van der Waals surface area contributed by atoms with E-state index in [1.165, 1.54) is 11.1 Å². The lowest BCUT2D eigenvalue weighted by Gasteiger charge is -2.25. The summed E-state index contributed by atoms with van der Waals surface area (Å²) in [7, 11) is 0. The van der Waals surface area contributed by atoms with Gasteiger partial charge in [0, 0.05) is 19.6 Å². The van der Waals surface area contributed by atoms with Crippen molar-refractivity contribution in [3.63, 3.8) is 0 Å². The first-order valence-corrected chi connectivity index (χ1v) is 7.21. The van der Waals surface area contributed by atoms with E-state index >= 15 is 0 Å². The van der Waals surface area contributed by atoms with Gasteiger partial charge in [-0.2, -0.15) is 0 Å². The number of nitrogens with zero attached hydrogens (tertiary/aromatic N) is 1. The predicted molar refractivity (Wildman–Crippen MR) is 83.7 cm³/mol. The van der Waals surface area contributed by atoms with Gasteiger partial charge in [0.05, 0.1) is 6.61 Å². The van der Waals surface area contributed by atoms with Crippen LogP contribution in [0.4, 0.5) is 0 Å². The Hall–Kier alpha value is -1.64. The van der Waals surface area contributed by atoms with Crippen LogP contribution in [0.25, 0.3) is 0 Å². The molecule has 2 nitrogen and oxygen atoms in total. The maximum Gasteiger partial charge on any atom is 0.0558 e. The number of hydrogen-bond acceptors (Lipinski definition) is 2. The molecule has 0 spiro atoms. The summed E-state index contributed by atoms with van der Waals surface area (Å²) in [6.07, 6.45) is 0. The van der Waals surface area contributed by atoms with Gasteiger partial charge in [0.25, 0.3) is 0 Å². The summed E-state index contributed by atoms with van der Waals surface area (Å²) in [6, 6.07) is 21.0. The van der Waals surface area contributed by atoms with Gasteiger partial charge in [-0.25, -0.2) is 0 Å². The van der Waals surface area contributed by atoms with Gasteiger partial charge in [0.15, 0.2) is 0 Å². The third-order valence-corrected chi connectivity index (χ3v) is 3.57. The second kappa shape index (κ2) is 7.83. The number of rotatable bonds is 7. The summed E-state index contributed by atoms with van der Waals surface area (Å²) in [5.74, 6) is 0.464. The number of benzene rings is 2. The van der Waals surface area contributed by atoms with Crippen LogP contribution >= 0.6 is 0 Å². The molecule has 2 rings (SSSR count). The summed E-state index contributed by atoms with van der Waals surface area (Å²) in [5, 5.41) is 9.26. The summed E-state index contributed by atoms with van der Waals surface area (Å²) in [4.78, 5) is 2.31. The molecule has 2 aromatic rings. The van der Waals surface area contributed by atoms with Crippen molar-refractivity contribution < 1.29 is 5.11 Å². The normalized spacial score (nSPS) is 12.6. The van der Waals surface area contributed by atoms with Crippen molar-refractivity contribution in [2.45, 2.75) is 19.4 Å². The molecule has 0 radical (unpaired) electrons. The van der Waals surface area contributed by atoms with Crippen molar-refractivity contribution in [1.29, 1.82) is 0 Å². The first kappa shape index (κ1) is 14.8. The van der Waals surface area contributed by atoms with Gasteiger partial charge in [-0.1, -0.05) is 67.6 Å². The molecule has 0 heterocycles. The topological polar surface area (TPSA) is 23.5 Å². The fourth-order valence-corrected chi connectivity index (χ4v) is 2.49. The summed E-state index contributed by atoms with van der Waals surface area (Å²) >= 11 is 0. The van der Waals surface area contributed by atoms with Gasteiger partial charge in [-0.15, -0.1) is 0 Å². The first-order valence-electron chi connectivity index (χ1n) is 7.21. The zero-order valence-electron chi connectivity index (χ0n) is 12.1. The Morgan fingerprint density at radius 2 is 1.55 bits per heavy atom. The van der Waals surface area contributed by atoms with E-state index in [-0.39, 0.29) is 6.61 Å². The van der Waals surface area contributed by atoms with Crippen LogP contribution in [0.5, 0.6) is 0 Å². The van der Waals surface area contributed by atoms with E-state index in [1.807, 2.05) is 12.1 Å². The van der Waals surface area contributed by atoms with Crippen molar-refractivity contribution in [1.82, 2.24) is 4.90 Å². The molecule has 106 valence electrons. The maximum absolute atomic E-state index is 9.26. The highest BCUT2D eigenvalue weighted by atomic mass is 16.3. The molecule has 2 aromatic carbocycles. The zero-order chi connectivity index (χ0) is 14.2. The Bertz CT molecular complexity index is 483. The van der Waals surface area contributed by atoms with Gasteiger partial charge in [0.1, 0.15) is 0 Å². The van der Waals surface area contributed by atoms with Gasteiger partial charge >= 0.3 is 0 Å². The van der Waals surface area contributed by atoms with E-state index < -0.39 is 0 Å². The van der Waals surface area contributed by atoms with Crippen molar-refractivity contribution in [3.8, 4) is 0 Å². The molecule has 0 bridgehead atoms. The summed E-state index contributed by atoms with van der Waals surface area (Å²) in [6.45, 7) is 5.00. The molecular weight excluding hydrogens is 246 g/mol. The molecule has 0 aliphatic carbocycles. The molecular formula is C18H23NO. The van der Waals surface area contributed by atoms with Crippen molar-refractivity contribution >= 4 is 0 Å². The SMILES string of the molecule is CC(CN(CCO)Cc1ccccc1)c1ccccc1. The predicted octanol–water partition coefficient (Wildman–Crippen LogP) is 3.28. The van der Waals surface area contributed by atoms with Crippen LogP contribution in [-0.4, -0.2) is 29.7 Å². The second-order valence-corrected chi connectivity index (χ2v) is 5.26. The highest BCUT2D eigenvalue weighted by Gasteiger charge is 2.12. The Balaban J connectivity index is 1.98. The minimum atomic E-state index is 0.203. The van der Waals surface area contributed by atoms with Crippen LogP contribution in [0.3, 0.4) is 0 Å². The van der Waals surface area contributed by atoms with Crippen molar-refractivity contribution in [2.75, 3.05) is 19.7 Å². The highest BCUT2D eigenvalue weighted by molar-refractivity contribution is 5.19. The van der Waals surface area contributed by atoms with Crippen LogP contribution in [0.2, 0.25) is 0 Å². The Morgan fingerprint density at radius 1 is 0.950 bits per heavy atom. The van der Waals surface area contributed by atoms with Crippen LogP contribution in [0, 0.1) is 0 Å². The lowest BCUT2D eigenvalue weighted by Crippen LogP contribution is -2.30. The van der Waals surface area contributed by atoms with Gasteiger partial charge in [0.2, 0.25) is 0 Å². The van der Waals surface area contributed by atoms with Crippen molar-refractivity contribution in [3.05, 3.63) is 71.8 Å². The van der Waals surface area contributed by atoms with E-state index in [2.05, 4.69) is 60.4 Å². The van der Waals surface area contributed by atoms with Gasteiger partial charge in [-0.05, 0) is 17.0 Å². The quantitative estimate of drug-likeness (QED) is 0.834. The third kappa shape index (κ3) is 4.48. The Morgan fingerprint density at radius 3 is 2.15 bits per heavy atom. The Kier molecular flexibility index (Phi) is 5.78. The summed E-state index contributed by atoms with van der Waals surface area (Å²) in [5.41, 5.74) is 2.64. The fourth-order valence-electron chi connectivity index (χ4n) is 2.49. The van der Waals surface area contributed by atoms with Gasteiger partial charge < -0.3 is 5.11 Å². The number of aliphatic hydroxyl groups excluding tert-OH is 1. The third-order valence-electron chi connectivity index (χ3n) is 3.57. The molecule has 0 saturated heterocycles. The minimum Gasteiger partial charge on any atom is -0.395 e. The minimum absolute atomic E-state index is 0.203. The first-order chi connectivity index (χ1) is 9.79. The standard InChI is InChI=1S/C18H23NO/c1-16(18-10-6-3-7-11-18)14-19(12-13-20)15-17-8-4-2-5-9-17/h2-11,16,20H,12-15H2,1H3. The van der Waals surface area contributed by atoms with Crippen molar-refractivity contribution in [2.24, 2.45) is 0 Å². The maximum atomic E-state index is 9.26. The molecule has 0 amide bonds. The average molecular weight is 269 g/mol. The van der Waals surface area contributed by atoms with E-state index in [0.29, 0.717) is 12.5 Å². The largest absolute Gasteiger partial charge is 0.395 e. The van der Waals surface area contributed by atoms with Gasteiger partial charge in [-0.3, -0.25) is 4.90 Å². The molecule has 0 fully saturated rings. The lowest BCUT2D eigenvalue weighted by molar-refractivity contribution is 0.184. The van der Waals surface area contributed by atoms with Crippen LogP contribution in [0.15, 0.2) is 60.7 Å². The summed E-state index contributed by atoms with van der Waals surface area (Å²) < 4.78 is 0. The fraction of sp³-hybridized carbons (Fsp3) is 0.333. The second-order valence-electron chi connectivity index (χ2n) is 5.26. The monoisotopic (exact) mass is 269 g/mol. The molecule has 2 heteroatoms. The molecule has 0 aliphatic heterocycles. The van der Waals surface area contributed by atoms with Crippen LogP contribution in [0.1, 0.15) is 24.0 Å². The van der Waals surface area contributed by atoms with E-state index in [9.17, 15) is 5.11 Å². The average Bonchev–Trinajstić information content (AvgIpc) is 2.49. The van der Waals surface area contributed by atoms with E-state index in [0.717, 1.165) is 13.1 Å².